The molecule has 2 saturated heterocycles. The van der Waals surface area contributed by atoms with Crippen molar-refractivity contribution < 1.29 is 17.9 Å². The van der Waals surface area contributed by atoms with Gasteiger partial charge in [0.05, 0.1) is 23.7 Å². The second-order valence-corrected chi connectivity index (χ2v) is 11.0. The van der Waals surface area contributed by atoms with Crippen LogP contribution < -0.4 is 10.2 Å². The summed E-state index contributed by atoms with van der Waals surface area (Å²) >= 11 is 0. The lowest BCUT2D eigenvalue weighted by atomic mass is 10.0. The number of benzene rings is 1. The van der Waals surface area contributed by atoms with E-state index in [-0.39, 0.29) is 10.8 Å². The van der Waals surface area contributed by atoms with Crippen molar-refractivity contribution in [2.45, 2.75) is 50.0 Å². The fourth-order valence-corrected chi connectivity index (χ4v) is 5.33. The summed E-state index contributed by atoms with van der Waals surface area (Å²) in [7, 11) is -0.635. The van der Waals surface area contributed by atoms with Crippen LogP contribution in [0.15, 0.2) is 23.1 Å². The topological polar surface area (TPSA) is 82.2 Å². The summed E-state index contributed by atoms with van der Waals surface area (Å²) in [5, 5.41) is 3.12. The summed E-state index contributed by atoms with van der Waals surface area (Å²) in [6.45, 7) is 7.45. The number of ether oxygens (including phenoxy) is 1. The lowest BCUT2D eigenvalue weighted by molar-refractivity contribution is 0.0911. The standard InChI is InChI=1S/C23H38N4O4S/c1-4-5-11-26-12-7-6-8-19(26)18-24-23(28)21-17-20(32(29,30)25(2)3)9-10-22(21)27-13-15-31-16-14-27/h9-10,17,19H,4-8,11-16,18H2,1-3H3,(H,24,28). The molecule has 1 N–H and O–H groups in total. The first-order valence-electron chi connectivity index (χ1n) is 11.8. The molecule has 1 aromatic rings. The van der Waals surface area contributed by atoms with E-state index in [1.807, 2.05) is 0 Å². The van der Waals surface area contributed by atoms with E-state index in [1.165, 1.54) is 37.3 Å². The average molecular weight is 467 g/mol. The number of likely N-dealkylation sites (tertiary alicyclic amines) is 1. The number of hydrogen-bond donors (Lipinski definition) is 1. The number of sulfonamides is 1. The van der Waals surface area contributed by atoms with Gasteiger partial charge in [-0.1, -0.05) is 19.8 Å². The van der Waals surface area contributed by atoms with Gasteiger partial charge in [-0.15, -0.1) is 0 Å². The van der Waals surface area contributed by atoms with E-state index in [0.29, 0.717) is 44.5 Å². The fourth-order valence-electron chi connectivity index (χ4n) is 4.40. The van der Waals surface area contributed by atoms with Gasteiger partial charge in [0.2, 0.25) is 10.0 Å². The molecule has 0 saturated carbocycles. The molecule has 1 unspecified atom stereocenters. The van der Waals surface area contributed by atoms with Gasteiger partial charge in [0.1, 0.15) is 0 Å². The first-order chi connectivity index (χ1) is 15.3. The Kier molecular flexibility index (Phi) is 8.93. The van der Waals surface area contributed by atoms with Crippen LogP contribution in [0.4, 0.5) is 5.69 Å². The summed E-state index contributed by atoms with van der Waals surface area (Å²) < 4.78 is 32.0. The Morgan fingerprint density at radius 2 is 1.94 bits per heavy atom. The molecule has 3 rings (SSSR count). The molecule has 0 bridgehead atoms. The summed E-state index contributed by atoms with van der Waals surface area (Å²) in [4.78, 5) is 18.0. The molecule has 0 aliphatic carbocycles. The van der Waals surface area contributed by atoms with E-state index in [1.54, 1.807) is 12.1 Å². The third-order valence-electron chi connectivity index (χ3n) is 6.39. The third kappa shape index (κ3) is 6.01. The van der Waals surface area contributed by atoms with E-state index >= 15 is 0 Å². The number of nitrogens with one attached hydrogen (secondary N) is 1. The highest BCUT2D eigenvalue weighted by Crippen LogP contribution is 2.26. The zero-order valence-electron chi connectivity index (χ0n) is 19.7. The van der Waals surface area contributed by atoms with E-state index in [4.69, 9.17) is 4.74 Å². The number of amides is 1. The highest BCUT2D eigenvalue weighted by atomic mass is 32.2. The molecule has 2 aliphatic rings. The molecule has 0 spiro atoms. The highest BCUT2D eigenvalue weighted by molar-refractivity contribution is 7.89. The van der Waals surface area contributed by atoms with E-state index < -0.39 is 10.0 Å². The molecule has 32 heavy (non-hydrogen) atoms. The number of unbranched alkanes of at least 4 members (excludes halogenated alkanes) is 1. The fraction of sp³-hybridized carbons (Fsp3) is 0.696. The van der Waals surface area contributed by atoms with Crippen LogP contribution in [0.1, 0.15) is 49.4 Å². The lowest BCUT2D eigenvalue weighted by Crippen LogP contribution is -2.47. The van der Waals surface area contributed by atoms with Crippen molar-refractivity contribution in [2.75, 3.05) is 64.9 Å². The molecular weight excluding hydrogens is 428 g/mol. The van der Waals surface area contributed by atoms with Crippen molar-refractivity contribution in [1.29, 1.82) is 0 Å². The molecular formula is C23H38N4O4S. The number of carbonyl (C=O) groups is 1. The van der Waals surface area contributed by atoms with Gasteiger partial charge < -0.3 is 15.0 Å². The second-order valence-electron chi connectivity index (χ2n) is 8.81. The Balaban J connectivity index is 1.81. The van der Waals surface area contributed by atoms with Crippen molar-refractivity contribution in [3.8, 4) is 0 Å². The summed E-state index contributed by atoms with van der Waals surface area (Å²) in [6.07, 6.45) is 5.79. The Labute approximate surface area is 192 Å². The molecule has 0 radical (unpaired) electrons. The molecule has 0 aromatic heterocycles. The third-order valence-corrected chi connectivity index (χ3v) is 8.20. The minimum absolute atomic E-state index is 0.131. The SMILES string of the molecule is CCCCN1CCCCC1CNC(=O)c1cc(S(=O)(=O)N(C)C)ccc1N1CCOCC1. The number of nitrogens with zero attached hydrogens (tertiary/aromatic N) is 3. The first-order valence-corrected chi connectivity index (χ1v) is 13.2. The predicted octanol–water partition coefficient (Wildman–Crippen LogP) is 2.16. The van der Waals surface area contributed by atoms with Crippen molar-refractivity contribution in [2.24, 2.45) is 0 Å². The van der Waals surface area contributed by atoms with E-state index in [2.05, 4.69) is 22.0 Å². The van der Waals surface area contributed by atoms with Crippen molar-refractivity contribution in [3.63, 3.8) is 0 Å². The van der Waals surface area contributed by atoms with Gasteiger partial charge in [-0.25, -0.2) is 12.7 Å². The van der Waals surface area contributed by atoms with Crippen LogP contribution in [0.3, 0.4) is 0 Å². The molecule has 9 heteroatoms. The zero-order chi connectivity index (χ0) is 23.1. The van der Waals surface area contributed by atoms with Gasteiger partial charge in [0.25, 0.3) is 5.91 Å². The largest absolute Gasteiger partial charge is 0.378 e. The predicted molar refractivity (Wildman–Crippen MR) is 127 cm³/mol. The number of carbonyl (C=O) groups excluding carboxylic acids is 1. The minimum Gasteiger partial charge on any atom is -0.378 e. The monoisotopic (exact) mass is 466 g/mol. The average Bonchev–Trinajstić information content (AvgIpc) is 2.81. The maximum Gasteiger partial charge on any atom is 0.253 e. The number of piperidine rings is 1. The quantitative estimate of drug-likeness (QED) is 0.601. The summed E-state index contributed by atoms with van der Waals surface area (Å²) in [6, 6.07) is 5.19. The lowest BCUT2D eigenvalue weighted by Gasteiger charge is -2.36. The minimum atomic E-state index is -3.63. The van der Waals surface area contributed by atoms with E-state index in [0.717, 1.165) is 38.0 Å². The second kappa shape index (κ2) is 11.4. The molecule has 8 nitrogen and oxygen atoms in total. The van der Waals surface area contributed by atoms with Gasteiger partial charge in [-0.05, 0) is 50.6 Å². The normalized spacial score (nSPS) is 20.5. The number of morpholine rings is 1. The van der Waals surface area contributed by atoms with Gasteiger partial charge in [0.15, 0.2) is 0 Å². The molecule has 1 atom stereocenters. The molecule has 2 aliphatic heterocycles. The van der Waals surface area contributed by atoms with E-state index in [9.17, 15) is 13.2 Å². The smallest absolute Gasteiger partial charge is 0.253 e. The van der Waals surface area contributed by atoms with Crippen LogP contribution in [0.2, 0.25) is 0 Å². The van der Waals surface area contributed by atoms with Crippen LogP contribution in [0.5, 0.6) is 0 Å². The maximum atomic E-state index is 13.3. The van der Waals surface area contributed by atoms with Crippen molar-refractivity contribution in [1.82, 2.24) is 14.5 Å². The van der Waals surface area contributed by atoms with Crippen LogP contribution in [-0.4, -0.2) is 89.6 Å². The Hall–Kier alpha value is -1.68. The maximum absolute atomic E-state index is 13.3. The highest BCUT2D eigenvalue weighted by Gasteiger charge is 2.26. The van der Waals surface area contributed by atoms with Gasteiger partial charge in [-0.2, -0.15) is 0 Å². The first kappa shape index (κ1) is 25.0. The van der Waals surface area contributed by atoms with Crippen molar-refractivity contribution in [3.05, 3.63) is 23.8 Å². The van der Waals surface area contributed by atoms with Gasteiger partial charge >= 0.3 is 0 Å². The number of rotatable bonds is 9. The molecule has 2 heterocycles. The summed E-state index contributed by atoms with van der Waals surface area (Å²) in [5.41, 5.74) is 1.17. The summed E-state index contributed by atoms with van der Waals surface area (Å²) in [5.74, 6) is -0.219. The zero-order valence-corrected chi connectivity index (χ0v) is 20.5. The number of hydrogen-bond acceptors (Lipinski definition) is 6. The van der Waals surface area contributed by atoms with Crippen LogP contribution in [0, 0.1) is 0 Å². The van der Waals surface area contributed by atoms with Crippen molar-refractivity contribution >= 4 is 21.6 Å². The van der Waals surface area contributed by atoms with Gasteiger partial charge in [0, 0.05) is 45.5 Å². The Morgan fingerprint density at radius 3 is 2.62 bits per heavy atom. The number of anilines is 1. The van der Waals surface area contributed by atoms with Crippen LogP contribution in [0.25, 0.3) is 0 Å². The van der Waals surface area contributed by atoms with Gasteiger partial charge in [-0.3, -0.25) is 9.69 Å². The van der Waals surface area contributed by atoms with Crippen LogP contribution in [-0.2, 0) is 14.8 Å². The molecule has 2 fully saturated rings. The molecule has 1 aromatic carbocycles. The molecule has 180 valence electrons. The van der Waals surface area contributed by atoms with Crippen LogP contribution >= 0.6 is 0 Å². The Morgan fingerprint density at radius 1 is 1.19 bits per heavy atom. The molecule has 1 amide bonds. The Bertz CT molecular complexity index is 869.